The fourth-order valence-electron chi connectivity index (χ4n) is 3.31. The Bertz CT molecular complexity index is 1180. The van der Waals surface area contributed by atoms with Crippen LogP contribution >= 0.6 is 23.2 Å². The molecule has 8 heteroatoms. The fraction of sp³-hybridized carbons (Fsp3) is 0.182. The SMILES string of the molecule is NC(Cc1c[nH]c2ccccc12)c1nc(C(=O)NCCc2ccc(Cl)cc2Cl)co1. The zero-order chi connectivity index (χ0) is 21.1. The summed E-state index contributed by atoms with van der Waals surface area (Å²) in [5.41, 5.74) is 9.49. The molecule has 4 rings (SSSR count). The molecule has 0 spiro atoms. The third kappa shape index (κ3) is 4.51. The molecule has 4 aromatic rings. The van der Waals surface area contributed by atoms with Gasteiger partial charge in [0.1, 0.15) is 6.26 Å². The molecule has 2 heterocycles. The van der Waals surface area contributed by atoms with Gasteiger partial charge in [0, 0.05) is 33.7 Å². The van der Waals surface area contributed by atoms with Crippen LogP contribution in [0.2, 0.25) is 10.0 Å². The summed E-state index contributed by atoms with van der Waals surface area (Å²) < 4.78 is 5.46. The third-order valence-electron chi connectivity index (χ3n) is 4.88. The lowest BCUT2D eigenvalue weighted by Crippen LogP contribution is -2.26. The lowest BCUT2D eigenvalue weighted by atomic mass is 10.1. The molecule has 6 nitrogen and oxygen atoms in total. The van der Waals surface area contributed by atoms with Crippen molar-refractivity contribution in [1.82, 2.24) is 15.3 Å². The Morgan fingerprint density at radius 1 is 1.20 bits per heavy atom. The van der Waals surface area contributed by atoms with E-state index in [9.17, 15) is 4.79 Å². The van der Waals surface area contributed by atoms with Gasteiger partial charge in [-0.15, -0.1) is 0 Å². The zero-order valence-corrected chi connectivity index (χ0v) is 17.5. The van der Waals surface area contributed by atoms with Crippen LogP contribution in [0.3, 0.4) is 0 Å². The smallest absolute Gasteiger partial charge is 0.273 e. The third-order valence-corrected chi connectivity index (χ3v) is 5.47. The first-order chi connectivity index (χ1) is 14.5. The number of benzene rings is 2. The highest BCUT2D eigenvalue weighted by molar-refractivity contribution is 6.35. The Morgan fingerprint density at radius 3 is 2.87 bits per heavy atom. The van der Waals surface area contributed by atoms with Gasteiger partial charge in [-0.3, -0.25) is 4.79 Å². The van der Waals surface area contributed by atoms with Crippen molar-refractivity contribution < 1.29 is 9.21 Å². The maximum Gasteiger partial charge on any atom is 0.273 e. The van der Waals surface area contributed by atoms with Crippen molar-refractivity contribution in [3.63, 3.8) is 0 Å². The van der Waals surface area contributed by atoms with Gasteiger partial charge in [0.2, 0.25) is 5.89 Å². The second-order valence-corrected chi connectivity index (χ2v) is 7.83. The lowest BCUT2D eigenvalue weighted by Gasteiger charge is -2.07. The number of hydrogen-bond donors (Lipinski definition) is 3. The van der Waals surface area contributed by atoms with E-state index in [1.165, 1.54) is 6.26 Å². The number of carbonyl (C=O) groups is 1. The molecular weight excluding hydrogens is 423 g/mol. The molecule has 1 amide bonds. The number of nitrogens with zero attached hydrogens (tertiary/aromatic N) is 1. The molecular formula is C22H20Cl2N4O2. The predicted molar refractivity (Wildman–Crippen MR) is 118 cm³/mol. The number of nitrogens with two attached hydrogens (primary N) is 1. The van der Waals surface area contributed by atoms with E-state index >= 15 is 0 Å². The highest BCUT2D eigenvalue weighted by atomic mass is 35.5. The van der Waals surface area contributed by atoms with E-state index in [1.54, 1.807) is 12.1 Å². The number of rotatable bonds is 7. The van der Waals surface area contributed by atoms with E-state index in [0.29, 0.717) is 35.3 Å². The highest BCUT2D eigenvalue weighted by Gasteiger charge is 2.18. The van der Waals surface area contributed by atoms with Crippen LogP contribution < -0.4 is 11.1 Å². The second kappa shape index (κ2) is 8.92. The molecule has 0 fully saturated rings. The van der Waals surface area contributed by atoms with Crippen molar-refractivity contribution in [3.8, 4) is 0 Å². The molecule has 1 unspecified atom stereocenters. The largest absolute Gasteiger partial charge is 0.446 e. The molecule has 1 atom stereocenters. The predicted octanol–water partition coefficient (Wildman–Crippen LogP) is 4.68. The van der Waals surface area contributed by atoms with Gasteiger partial charge in [0.05, 0.1) is 6.04 Å². The van der Waals surface area contributed by atoms with Crippen LogP contribution in [0.1, 0.15) is 33.5 Å². The molecule has 154 valence electrons. The van der Waals surface area contributed by atoms with Gasteiger partial charge in [-0.2, -0.15) is 0 Å². The van der Waals surface area contributed by atoms with Crippen LogP contribution in [0.25, 0.3) is 10.9 Å². The van der Waals surface area contributed by atoms with Gasteiger partial charge in [-0.25, -0.2) is 4.98 Å². The molecule has 0 saturated carbocycles. The number of H-pyrrole nitrogens is 1. The average Bonchev–Trinajstić information content (AvgIpc) is 3.38. The molecule has 2 aromatic carbocycles. The van der Waals surface area contributed by atoms with Crippen molar-refractivity contribution in [1.29, 1.82) is 0 Å². The molecule has 30 heavy (non-hydrogen) atoms. The van der Waals surface area contributed by atoms with Crippen LogP contribution in [0.4, 0.5) is 0 Å². The number of aromatic amines is 1. The number of para-hydroxylation sites is 1. The summed E-state index contributed by atoms with van der Waals surface area (Å²) in [7, 11) is 0. The van der Waals surface area contributed by atoms with E-state index in [-0.39, 0.29) is 11.6 Å². The standard InChI is InChI=1S/C22H20Cl2N4O2/c23-15-6-5-13(17(24)10-15)7-8-26-21(29)20-12-30-22(28-20)18(25)9-14-11-27-19-4-2-1-3-16(14)19/h1-6,10-12,18,27H,7-9,25H2,(H,26,29). The van der Waals surface area contributed by atoms with Crippen LogP contribution in [0, 0.1) is 0 Å². The number of amides is 1. The summed E-state index contributed by atoms with van der Waals surface area (Å²) in [5, 5.41) is 5.07. The number of nitrogens with one attached hydrogen (secondary N) is 2. The van der Waals surface area contributed by atoms with Crippen molar-refractivity contribution in [3.05, 3.63) is 87.7 Å². The minimum atomic E-state index is -0.460. The molecule has 0 radical (unpaired) electrons. The molecule has 4 N–H and O–H groups in total. The van der Waals surface area contributed by atoms with E-state index in [1.807, 2.05) is 36.5 Å². The quantitative estimate of drug-likeness (QED) is 0.387. The van der Waals surface area contributed by atoms with E-state index in [0.717, 1.165) is 22.0 Å². The minimum Gasteiger partial charge on any atom is -0.446 e. The number of aromatic nitrogens is 2. The maximum absolute atomic E-state index is 12.4. The summed E-state index contributed by atoms with van der Waals surface area (Å²) in [6, 6.07) is 12.8. The number of oxazole rings is 1. The molecule has 0 aliphatic heterocycles. The van der Waals surface area contributed by atoms with E-state index < -0.39 is 6.04 Å². The summed E-state index contributed by atoms with van der Waals surface area (Å²) >= 11 is 12.1. The number of hydrogen-bond acceptors (Lipinski definition) is 4. The number of halogens is 2. The Kier molecular flexibility index (Phi) is 6.08. The molecule has 0 aliphatic rings. The summed E-state index contributed by atoms with van der Waals surface area (Å²) in [5.74, 6) is 0.000516. The van der Waals surface area contributed by atoms with Crippen LogP contribution in [-0.2, 0) is 12.8 Å². The van der Waals surface area contributed by atoms with E-state index in [4.69, 9.17) is 33.4 Å². The normalized spacial score (nSPS) is 12.2. The summed E-state index contributed by atoms with van der Waals surface area (Å²) in [6.07, 6.45) is 4.38. The number of carbonyl (C=O) groups excluding carboxylic acids is 1. The van der Waals surface area contributed by atoms with Crippen molar-refractivity contribution in [2.45, 2.75) is 18.9 Å². The highest BCUT2D eigenvalue weighted by Crippen LogP contribution is 2.23. The number of fused-ring (bicyclic) bond motifs is 1. The Morgan fingerprint density at radius 2 is 2.03 bits per heavy atom. The Hall–Kier alpha value is -2.80. The van der Waals surface area contributed by atoms with Crippen molar-refractivity contribution in [2.75, 3.05) is 6.54 Å². The molecule has 0 bridgehead atoms. The Balaban J connectivity index is 1.35. The monoisotopic (exact) mass is 442 g/mol. The second-order valence-electron chi connectivity index (χ2n) is 6.98. The van der Waals surface area contributed by atoms with Crippen molar-refractivity contribution >= 4 is 40.0 Å². The topological polar surface area (TPSA) is 96.9 Å². The van der Waals surface area contributed by atoms with Crippen LogP contribution in [-0.4, -0.2) is 22.4 Å². The van der Waals surface area contributed by atoms with Crippen LogP contribution in [0.15, 0.2) is 59.3 Å². The summed E-state index contributed by atoms with van der Waals surface area (Å²) in [6.45, 7) is 0.407. The summed E-state index contributed by atoms with van der Waals surface area (Å²) in [4.78, 5) is 19.9. The lowest BCUT2D eigenvalue weighted by molar-refractivity contribution is 0.0949. The minimum absolute atomic E-state index is 0.196. The molecule has 2 aromatic heterocycles. The van der Waals surface area contributed by atoms with E-state index in [2.05, 4.69) is 15.3 Å². The van der Waals surface area contributed by atoms with Gasteiger partial charge in [0.15, 0.2) is 5.69 Å². The molecule has 0 aliphatic carbocycles. The molecule has 0 saturated heterocycles. The first-order valence-corrected chi connectivity index (χ1v) is 10.2. The van der Waals surface area contributed by atoms with Gasteiger partial charge in [-0.1, -0.05) is 47.5 Å². The fourth-order valence-corrected chi connectivity index (χ4v) is 3.82. The van der Waals surface area contributed by atoms with Crippen molar-refractivity contribution in [2.24, 2.45) is 5.73 Å². The van der Waals surface area contributed by atoms with Gasteiger partial charge < -0.3 is 20.5 Å². The van der Waals surface area contributed by atoms with Gasteiger partial charge in [-0.05, 0) is 42.2 Å². The average molecular weight is 443 g/mol. The zero-order valence-electron chi connectivity index (χ0n) is 16.0. The Labute approximate surface area is 183 Å². The van der Waals surface area contributed by atoms with Gasteiger partial charge in [0.25, 0.3) is 5.91 Å². The first-order valence-electron chi connectivity index (χ1n) is 9.49. The first kappa shape index (κ1) is 20.5. The maximum atomic E-state index is 12.4. The van der Waals surface area contributed by atoms with Gasteiger partial charge >= 0.3 is 0 Å². The van der Waals surface area contributed by atoms with Crippen LogP contribution in [0.5, 0.6) is 0 Å².